The number of carbonyl (C=O) groups is 1. The third kappa shape index (κ3) is 3.12. The molecule has 2 nitrogen and oxygen atoms in total. The zero-order valence-corrected chi connectivity index (χ0v) is 13.3. The molecule has 0 radical (unpaired) electrons. The van der Waals surface area contributed by atoms with E-state index in [-0.39, 0.29) is 18.0 Å². The van der Waals surface area contributed by atoms with Gasteiger partial charge in [-0.2, -0.15) is 0 Å². The van der Waals surface area contributed by atoms with Crippen molar-refractivity contribution >= 4 is 5.78 Å². The van der Waals surface area contributed by atoms with Crippen LogP contribution in [0.3, 0.4) is 0 Å². The van der Waals surface area contributed by atoms with Crippen molar-refractivity contribution in [2.45, 2.75) is 71.5 Å². The predicted octanol–water partition coefficient (Wildman–Crippen LogP) is 4.68. The van der Waals surface area contributed by atoms with Gasteiger partial charge in [-0.3, -0.25) is 4.79 Å². The summed E-state index contributed by atoms with van der Waals surface area (Å²) in [5, 5.41) is 0. The van der Waals surface area contributed by atoms with Gasteiger partial charge in [-0.05, 0) is 42.7 Å². The summed E-state index contributed by atoms with van der Waals surface area (Å²) < 4.78 is 5.74. The fourth-order valence-electron chi connectivity index (χ4n) is 2.81. The Balaban J connectivity index is 2.33. The molecule has 0 aliphatic carbocycles. The van der Waals surface area contributed by atoms with E-state index in [0.29, 0.717) is 11.8 Å². The summed E-state index contributed by atoms with van der Waals surface area (Å²) in [5.74, 6) is 0.999. The van der Waals surface area contributed by atoms with E-state index in [4.69, 9.17) is 4.74 Å². The SMILES string of the molecule is CC1CCC(C(=O)c2ccc(C(C)C)cc2C(C)C)O1. The Hall–Kier alpha value is -1.15. The molecule has 1 saturated heterocycles. The van der Waals surface area contributed by atoms with E-state index in [2.05, 4.69) is 39.8 Å². The molecule has 1 aromatic rings. The topological polar surface area (TPSA) is 26.3 Å². The minimum atomic E-state index is -0.243. The molecule has 0 bridgehead atoms. The number of ether oxygens (including phenoxy) is 1. The third-order valence-corrected chi connectivity index (χ3v) is 4.15. The lowest BCUT2D eigenvalue weighted by atomic mass is 9.88. The fourth-order valence-corrected chi connectivity index (χ4v) is 2.81. The maximum atomic E-state index is 12.7. The molecule has 1 heterocycles. The first kappa shape index (κ1) is 15.2. The van der Waals surface area contributed by atoms with Crippen LogP contribution < -0.4 is 0 Å². The first-order valence-corrected chi connectivity index (χ1v) is 7.73. The van der Waals surface area contributed by atoms with Crippen molar-refractivity contribution in [1.29, 1.82) is 0 Å². The summed E-state index contributed by atoms with van der Waals surface area (Å²) in [4.78, 5) is 12.7. The van der Waals surface area contributed by atoms with Crippen LogP contribution >= 0.6 is 0 Å². The van der Waals surface area contributed by atoms with E-state index in [1.807, 2.05) is 13.0 Å². The van der Waals surface area contributed by atoms with Gasteiger partial charge in [-0.25, -0.2) is 0 Å². The van der Waals surface area contributed by atoms with Crippen LogP contribution in [0.15, 0.2) is 18.2 Å². The van der Waals surface area contributed by atoms with Crippen LogP contribution in [0, 0.1) is 0 Å². The molecule has 0 spiro atoms. The molecule has 2 heteroatoms. The van der Waals surface area contributed by atoms with E-state index in [0.717, 1.165) is 24.0 Å². The normalized spacial score (nSPS) is 22.8. The van der Waals surface area contributed by atoms with Gasteiger partial charge in [0, 0.05) is 5.56 Å². The van der Waals surface area contributed by atoms with Gasteiger partial charge >= 0.3 is 0 Å². The lowest BCUT2D eigenvalue weighted by Crippen LogP contribution is -2.22. The van der Waals surface area contributed by atoms with Crippen molar-refractivity contribution < 1.29 is 9.53 Å². The summed E-state index contributed by atoms with van der Waals surface area (Å²) in [6.07, 6.45) is 1.80. The smallest absolute Gasteiger partial charge is 0.191 e. The highest BCUT2D eigenvalue weighted by atomic mass is 16.5. The van der Waals surface area contributed by atoms with Crippen molar-refractivity contribution in [2.75, 3.05) is 0 Å². The molecule has 0 aromatic heterocycles. The van der Waals surface area contributed by atoms with Crippen LogP contribution in [0.2, 0.25) is 0 Å². The highest BCUT2D eigenvalue weighted by Gasteiger charge is 2.30. The molecule has 1 aromatic carbocycles. The Morgan fingerprint density at radius 2 is 1.85 bits per heavy atom. The van der Waals surface area contributed by atoms with E-state index < -0.39 is 0 Å². The van der Waals surface area contributed by atoms with E-state index in [1.54, 1.807) is 0 Å². The number of ketones is 1. The number of benzene rings is 1. The van der Waals surface area contributed by atoms with Crippen LogP contribution in [0.25, 0.3) is 0 Å². The van der Waals surface area contributed by atoms with Crippen molar-refractivity contribution in [3.63, 3.8) is 0 Å². The van der Waals surface area contributed by atoms with Crippen LogP contribution in [0.1, 0.15) is 80.8 Å². The summed E-state index contributed by atoms with van der Waals surface area (Å²) in [6.45, 7) is 10.7. The van der Waals surface area contributed by atoms with Crippen molar-refractivity contribution in [3.05, 3.63) is 34.9 Å². The van der Waals surface area contributed by atoms with Crippen LogP contribution in [-0.2, 0) is 4.74 Å². The molecule has 1 aliphatic heterocycles. The zero-order chi connectivity index (χ0) is 14.9. The van der Waals surface area contributed by atoms with Crippen molar-refractivity contribution in [2.24, 2.45) is 0 Å². The van der Waals surface area contributed by atoms with E-state index >= 15 is 0 Å². The molecule has 1 aliphatic rings. The largest absolute Gasteiger partial charge is 0.367 e. The molecule has 0 amide bonds. The summed E-state index contributed by atoms with van der Waals surface area (Å²) in [7, 11) is 0. The highest BCUT2D eigenvalue weighted by molar-refractivity contribution is 6.01. The Morgan fingerprint density at radius 3 is 2.35 bits per heavy atom. The van der Waals surface area contributed by atoms with Gasteiger partial charge in [-0.1, -0.05) is 45.9 Å². The van der Waals surface area contributed by atoms with E-state index in [1.165, 1.54) is 5.56 Å². The summed E-state index contributed by atoms with van der Waals surface area (Å²) in [5.41, 5.74) is 3.30. The average Bonchev–Trinajstić information content (AvgIpc) is 2.83. The Labute approximate surface area is 122 Å². The molecular formula is C18H26O2. The lowest BCUT2D eigenvalue weighted by Gasteiger charge is -2.18. The van der Waals surface area contributed by atoms with E-state index in [9.17, 15) is 4.79 Å². The van der Waals surface area contributed by atoms with Crippen molar-refractivity contribution in [3.8, 4) is 0 Å². The van der Waals surface area contributed by atoms with Gasteiger partial charge in [0.15, 0.2) is 5.78 Å². The highest BCUT2D eigenvalue weighted by Crippen LogP contribution is 2.29. The molecule has 1 fully saturated rings. The Kier molecular flexibility index (Phi) is 4.64. The maximum Gasteiger partial charge on any atom is 0.191 e. The molecule has 0 saturated carbocycles. The third-order valence-electron chi connectivity index (χ3n) is 4.15. The molecule has 20 heavy (non-hydrogen) atoms. The first-order chi connectivity index (χ1) is 9.40. The average molecular weight is 274 g/mol. The van der Waals surface area contributed by atoms with Crippen LogP contribution in [0.5, 0.6) is 0 Å². The second kappa shape index (κ2) is 6.09. The van der Waals surface area contributed by atoms with Gasteiger partial charge in [0.05, 0.1) is 6.10 Å². The summed E-state index contributed by atoms with van der Waals surface area (Å²) in [6, 6.07) is 6.28. The molecule has 2 atom stereocenters. The lowest BCUT2D eigenvalue weighted by molar-refractivity contribution is 0.0432. The summed E-state index contributed by atoms with van der Waals surface area (Å²) >= 11 is 0. The second-order valence-electron chi connectivity index (χ2n) is 6.53. The zero-order valence-electron chi connectivity index (χ0n) is 13.3. The Morgan fingerprint density at radius 1 is 1.15 bits per heavy atom. The first-order valence-electron chi connectivity index (χ1n) is 7.73. The molecule has 2 rings (SSSR count). The predicted molar refractivity (Wildman–Crippen MR) is 82.5 cm³/mol. The molecule has 2 unspecified atom stereocenters. The number of hydrogen-bond acceptors (Lipinski definition) is 2. The van der Waals surface area contributed by atoms with Gasteiger partial charge in [-0.15, -0.1) is 0 Å². The van der Waals surface area contributed by atoms with Gasteiger partial charge in [0.2, 0.25) is 0 Å². The Bertz CT molecular complexity index is 488. The minimum absolute atomic E-state index is 0.161. The molecular weight excluding hydrogens is 248 g/mol. The van der Waals surface area contributed by atoms with Gasteiger partial charge < -0.3 is 4.74 Å². The van der Waals surface area contributed by atoms with Crippen LogP contribution in [-0.4, -0.2) is 18.0 Å². The standard InChI is InChI=1S/C18H26O2/c1-11(2)14-7-8-15(16(10-14)12(3)4)18(19)17-9-6-13(5)20-17/h7-8,10-13,17H,6,9H2,1-5H3. The maximum absolute atomic E-state index is 12.7. The quantitative estimate of drug-likeness (QED) is 0.745. The van der Waals surface area contributed by atoms with Crippen LogP contribution in [0.4, 0.5) is 0 Å². The second-order valence-corrected chi connectivity index (χ2v) is 6.53. The fraction of sp³-hybridized carbons (Fsp3) is 0.611. The monoisotopic (exact) mass is 274 g/mol. The van der Waals surface area contributed by atoms with Gasteiger partial charge in [0.1, 0.15) is 6.10 Å². The molecule has 110 valence electrons. The number of Topliss-reactive ketones (excluding diaryl/α,β-unsaturated/α-hetero) is 1. The number of carbonyl (C=O) groups excluding carboxylic acids is 1. The molecule has 0 N–H and O–H groups in total. The minimum Gasteiger partial charge on any atom is -0.367 e. The van der Waals surface area contributed by atoms with Crippen molar-refractivity contribution in [1.82, 2.24) is 0 Å². The van der Waals surface area contributed by atoms with Gasteiger partial charge in [0.25, 0.3) is 0 Å². The number of hydrogen-bond donors (Lipinski definition) is 0. The number of rotatable bonds is 4.